The highest BCUT2D eigenvalue weighted by Gasteiger charge is 2.13. The maximum absolute atomic E-state index is 13.1. The summed E-state index contributed by atoms with van der Waals surface area (Å²) in [5.74, 6) is 0.607. The monoisotopic (exact) mass is 310 g/mol. The van der Waals surface area contributed by atoms with Crippen LogP contribution in [0.25, 0.3) is 0 Å². The number of hydrogen-bond acceptors (Lipinski definition) is 3. The second-order valence-corrected chi connectivity index (χ2v) is 5.05. The van der Waals surface area contributed by atoms with Crippen molar-refractivity contribution in [2.75, 3.05) is 7.11 Å². The van der Waals surface area contributed by atoms with Crippen molar-refractivity contribution in [3.63, 3.8) is 0 Å². The molecule has 0 amide bonds. The molecule has 2 rings (SSSR count). The first kappa shape index (κ1) is 15.6. The topological polar surface area (TPSA) is 38.7 Å². The first-order valence-corrected chi connectivity index (χ1v) is 6.78. The summed E-state index contributed by atoms with van der Waals surface area (Å²) >= 11 is 5.95. The number of rotatable bonds is 5. The molecule has 0 aliphatic rings. The van der Waals surface area contributed by atoms with Gasteiger partial charge in [-0.25, -0.2) is 4.39 Å². The van der Waals surface area contributed by atoms with Crippen molar-refractivity contribution < 1.29 is 19.0 Å². The van der Waals surface area contributed by atoms with Gasteiger partial charge in [0.15, 0.2) is 11.5 Å². The van der Waals surface area contributed by atoms with Gasteiger partial charge >= 0.3 is 0 Å². The number of aliphatic hydroxyl groups excluding tert-OH is 1. The third-order valence-corrected chi connectivity index (χ3v) is 3.38. The zero-order chi connectivity index (χ0) is 15.4. The molecule has 2 aromatic rings. The van der Waals surface area contributed by atoms with Gasteiger partial charge in [0.2, 0.25) is 0 Å². The highest BCUT2D eigenvalue weighted by atomic mass is 35.5. The molecule has 0 spiro atoms. The van der Waals surface area contributed by atoms with Crippen LogP contribution >= 0.6 is 11.6 Å². The van der Waals surface area contributed by atoms with Crippen LogP contribution in [0.5, 0.6) is 11.5 Å². The molecule has 3 nitrogen and oxygen atoms in total. The Kier molecular flexibility index (Phi) is 5.04. The van der Waals surface area contributed by atoms with Gasteiger partial charge in [0.1, 0.15) is 12.4 Å². The molecule has 1 N–H and O–H groups in total. The van der Waals surface area contributed by atoms with E-state index in [0.717, 1.165) is 11.1 Å². The molecule has 0 saturated heterocycles. The van der Waals surface area contributed by atoms with Crippen molar-refractivity contribution in [2.45, 2.75) is 20.1 Å². The van der Waals surface area contributed by atoms with E-state index in [1.165, 1.54) is 19.2 Å². The van der Waals surface area contributed by atoms with E-state index in [1.807, 2.05) is 6.92 Å². The van der Waals surface area contributed by atoms with Crippen molar-refractivity contribution in [1.29, 1.82) is 0 Å². The zero-order valence-electron chi connectivity index (χ0n) is 11.8. The summed E-state index contributed by atoms with van der Waals surface area (Å²) in [7, 11) is 1.50. The van der Waals surface area contributed by atoms with Gasteiger partial charge in [-0.3, -0.25) is 0 Å². The fraction of sp³-hybridized carbons (Fsp3) is 0.250. The minimum Gasteiger partial charge on any atom is -0.493 e. The first-order chi connectivity index (χ1) is 10.0. The molecule has 0 aromatic heterocycles. The van der Waals surface area contributed by atoms with Crippen LogP contribution in [0, 0.1) is 12.7 Å². The Bertz CT molecular complexity index is 618. The van der Waals surface area contributed by atoms with Crippen LogP contribution in [0.1, 0.15) is 16.7 Å². The van der Waals surface area contributed by atoms with Gasteiger partial charge in [0, 0.05) is 16.7 Å². The maximum atomic E-state index is 13.1. The molecule has 0 aliphatic heterocycles. The Balaban J connectivity index is 2.26. The largest absolute Gasteiger partial charge is 0.493 e. The third kappa shape index (κ3) is 3.65. The summed E-state index contributed by atoms with van der Waals surface area (Å²) in [5.41, 5.74) is 2.20. The van der Waals surface area contributed by atoms with Crippen LogP contribution in [0.2, 0.25) is 5.02 Å². The molecule has 0 aliphatic carbocycles. The highest BCUT2D eigenvalue weighted by Crippen LogP contribution is 2.35. The summed E-state index contributed by atoms with van der Waals surface area (Å²) in [6, 6.07) is 7.75. The smallest absolute Gasteiger partial charge is 0.167 e. The van der Waals surface area contributed by atoms with E-state index in [2.05, 4.69) is 0 Å². The zero-order valence-corrected chi connectivity index (χ0v) is 12.6. The Labute approximate surface area is 127 Å². The van der Waals surface area contributed by atoms with E-state index < -0.39 is 0 Å². The lowest BCUT2D eigenvalue weighted by molar-refractivity contribution is 0.249. The van der Waals surface area contributed by atoms with Crippen LogP contribution in [0.4, 0.5) is 4.39 Å². The lowest BCUT2D eigenvalue weighted by Gasteiger charge is -2.15. The molecule has 0 fully saturated rings. The molecule has 0 saturated carbocycles. The van der Waals surface area contributed by atoms with E-state index in [1.54, 1.807) is 18.2 Å². The predicted molar refractivity (Wildman–Crippen MR) is 79.4 cm³/mol. The molecule has 0 bridgehead atoms. The van der Waals surface area contributed by atoms with Crippen molar-refractivity contribution >= 4 is 11.6 Å². The Morgan fingerprint density at radius 1 is 1.19 bits per heavy atom. The Morgan fingerprint density at radius 3 is 2.57 bits per heavy atom. The normalized spacial score (nSPS) is 10.5. The number of benzene rings is 2. The van der Waals surface area contributed by atoms with E-state index in [0.29, 0.717) is 22.1 Å². The first-order valence-electron chi connectivity index (χ1n) is 6.40. The summed E-state index contributed by atoms with van der Waals surface area (Å²) in [6.45, 7) is 1.85. The predicted octanol–water partition coefficient (Wildman–Crippen LogP) is 3.87. The molecule has 0 atom stereocenters. The number of aliphatic hydroxyl groups is 1. The summed E-state index contributed by atoms with van der Waals surface area (Å²) in [4.78, 5) is 0. The molecule has 112 valence electrons. The van der Waals surface area contributed by atoms with Crippen LogP contribution in [0.15, 0.2) is 30.3 Å². The molecule has 0 unspecified atom stereocenters. The fourth-order valence-corrected chi connectivity index (χ4v) is 2.26. The lowest BCUT2D eigenvalue weighted by Crippen LogP contribution is -2.03. The van der Waals surface area contributed by atoms with E-state index in [-0.39, 0.29) is 19.0 Å². The fourth-order valence-electron chi connectivity index (χ4n) is 2.03. The van der Waals surface area contributed by atoms with E-state index >= 15 is 0 Å². The van der Waals surface area contributed by atoms with Crippen LogP contribution in [-0.4, -0.2) is 12.2 Å². The highest BCUT2D eigenvalue weighted by molar-refractivity contribution is 6.30. The van der Waals surface area contributed by atoms with Gasteiger partial charge in [0.25, 0.3) is 0 Å². The van der Waals surface area contributed by atoms with Crippen molar-refractivity contribution in [1.82, 2.24) is 0 Å². The van der Waals surface area contributed by atoms with E-state index in [9.17, 15) is 9.50 Å². The number of halogens is 2. The average Bonchev–Trinajstić information content (AvgIpc) is 2.46. The second-order valence-electron chi connectivity index (χ2n) is 4.61. The molecular formula is C16H16ClFO3. The van der Waals surface area contributed by atoms with Gasteiger partial charge in [-0.1, -0.05) is 17.7 Å². The SMILES string of the molecule is COc1cc(Cl)cc(CO)c1OCc1ccc(F)cc1C. The van der Waals surface area contributed by atoms with Gasteiger partial charge < -0.3 is 14.6 Å². The molecule has 5 heteroatoms. The molecule has 0 radical (unpaired) electrons. The Morgan fingerprint density at radius 2 is 1.95 bits per heavy atom. The quantitative estimate of drug-likeness (QED) is 0.911. The van der Waals surface area contributed by atoms with E-state index in [4.69, 9.17) is 21.1 Å². The van der Waals surface area contributed by atoms with Crippen molar-refractivity contribution in [2.24, 2.45) is 0 Å². The van der Waals surface area contributed by atoms with Crippen molar-refractivity contribution in [3.8, 4) is 11.5 Å². The van der Waals surface area contributed by atoms with Gasteiger partial charge in [0.05, 0.1) is 13.7 Å². The second kappa shape index (κ2) is 6.78. The standard InChI is InChI=1S/C16H16ClFO3/c1-10-5-14(18)4-3-11(10)9-21-16-12(8-19)6-13(17)7-15(16)20-2/h3-7,19H,8-9H2,1-2H3. The molecular weight excluding hydrogens is 295 g/mol. The molecule has 0 heterocycles. The summed E-state index contributed by atoms with van der Waals surface area (Å²) in [5, 5.41) is 9.87. The maximum Gasteiger partial charge on any atom is 0.167 e. The minimum atomic E-state index is -0.281. The molecule has 21 heavy (non-hydrogen) atoms. The van der Waals surface area contributed by atoms with Crippen LogP contribution in [-0.2, 0) is 13.2 Å². The van der Waals surface area contributed by atoms with Crippen molar-refractivity contribution in [3.05, 3.63) is 57.9 Å². The van der Waals surface area contributed by atoms with Crippen LogP contribution < -0.4 is 9.47 Å². The number of aryl methyl sites for hydroxylation is 1. The van der Waals surface area contributed by atoms with Gasteiger partial charge in [-0.15, -0.1) is 0 Å². The Hall–Kier alpha value is -1.78. The summed E-state index contributed by atoms with van der Waals surface area (Å²) < 4.78 is 24.1. The summed E-state index contributed by atoms with van der Waals surface area (Å²) in [6.07, 6.45) is 0. The third-order valence-electron chi connectivity index (χ3n) is 3.16. The number of ether oxygens (including phenoxy) is 2. The lowest BCUT2D eigenvalue weighted by atomic mass is 10.1. The van der Waals surface area contributed by atoms with Crippen LogP contribution in [0.3, 0.4) is 0 Å². The molecule has 2 aromatic carbocycles. The van der Waals surface area contributed by atoms with Gasteiger partial charge in [-0.05, 0) is 36.2 Å². The van der Waals surface area contributed by atoms with Gasteiger partial charge in [-0.2, -0.15) is 0 Å². The average molecular weight is 311 g/mol. The number of methoxy groups -OCH3 is 1. The number of hydrogen-bond donors (Lipinski definition) is 1. The minimum absolute atomic E-state index is 0.214.